The van der Waals surface area contributed by atoms with E-state index in [0.717, 1.165) is 41.0 Å². The van der Waals surface area contributed by atoms with E-state index >= 15 is 0 Å². The van der Waals surface area contributed by atoms with Crippen LogP contribution in [0, 0.1) is 5.92 Å². The lowest BCUT2D eigenvalue weighted by atomic mass is 9.86. The SMILES string of the molecule is O=C(O)CCc1cccc(C2=NC(C(=O)NCCCCC3CCCCC3)CO2)c1Cc1ccccc1. The minimum atomic E-state index is -0.823. The van der Waals surface area contributed by atoms with Crippen LogP contribution in [0.25, 0.3) is 0 Å². The zero-order chi connectivity index (χ0) is 25.2. The molecule has 1 amide bonds. The predicted octanol–water partition coefficient (Wildman–Crippen LogP) is 5.31. The number of aliphatic carboxylic acids is 1. The van der Waals surface area contributed by atoms with Crippen molar-refractivity contribution in [2.45, 2.75) is 76.7 Å². The Balaban J connectivity index is 1.38. The zero-order valence-electron chi connectivity index (χ0n) is 21.1. The molecule has 36 heavy (non-hydrogen) atoms. The molecule has 2 N–H and O–H groups in total. The van der Waals surface area contributed by atoms with Crippen LogP contribution in [0.4, 0.5) is 0 Å². The Hall–Kier alpha value is -3.15. The van der Waals surface area contributed by atoms with Crippen molar-refractivity contribution in [1.82, 2.24) is 5.32 Å². The molecule has 0 radical (unpaired) electrons. The first-order chi connectivity index (χ1) is 17.6. The largest absolute Gasteiger partial charge is 0.481 e. The Morgan fingerprint density at radius 2 is 1.81 bits per heavy atom. The number of carboxylic acid groups (broad SMARTS) is 1. The van der Waals surface area contributed by atoms with E-state index in [9.17, 15) is 14.7 Å². The van der Waals surface area contributed by atoms with E-state index in [4.69, 9.17) is 4.74 Å². The number of amides is 1. The molecule has 1 fully saturated rings. The number of nitrogens with zero attached hydrogens (tertiary/aromatic N) is 1. The van der Waals surface area contributed by atoms with Crippen molar-refractivity contribution < 1.29 is 19.4 Å². The molecule has 1 heterocycles. The predicted molar refractivity (Wildman–Crippen MR) is 141 cm³/mol. The second kappa shape index (κ2) is 13.2. The Kier molecular flexibility index (Phi) is 9.54. The van der Waals surface area contributed by atoms with Crippen LogP contribution in [-0.2, 0) is 27.2 Å². The first-order valence-electron chi connectivity index (χ1n) is 13.5. The molecule has 0 aromatic heterocycles. The molecule has 2 aromatic rings. The lowest BCUT2D eigenvalue weighted by Crippen LogP contribution is -2.34. The van der Waals surface area contributed by atoms with Crippen molar-refractivity contribution in [1.29, 1.82) is 0 Å². The van der Waals surface area contributed by atoms with E-state index in [2.05, 4.69) is 22.4 Å². The first kappa shape index (κ1) is 25.9. The molecule has 2 aromatic carbocycles. The number of hydrogen-bond acceptors (Lipinski definition) is 4. The van der Waals surface area contributed by atoms with Gasteiger partial charge in [-0.2, -0.15) is 0 Å². The molecular formula is C30H38N2O4. The Labute approximate surface area is 214 Å². The van der Waals surface area contributed by atoms with Crippen LogP contribution >= 0.6 is 0 Å². The summed E-state index contributed by atoms with van der Waals surface area (Å²) in [5.74, 6) is 0.432. The summed E-state index contributed by atoms with van der Waals surface area (Å²) < 4.78 is 5.91. The highest BCUT2D eigenvalue weighted by molar-refractivity contribution is 5.99. The van der Waals surface area contributed by atoms with E-state index in [0.29, 0.717) is 25.3 Å². The maximum absolute atomic E-state index is 12.7. The number of ether oxygens (including phenoxy) is 1. The Morgan fingerprint density at radius 1 is 1.00 bits per heavy atom. The van der Waals surface area contributed by atoms with Crippen LogP contribution in [0.3, 0.4) is 0 Å². The third-order valence-electron chi connectivity index (χ3n) is 7.35. The monoisotopic (exact) mass is 490 g/mol. The van der Waals surface area contributed by atoms with Crippen LogP contribution in [0.5, 0.6) is 0 Å². The molecule has 6 heteroatoms. The lowest BCUT2D eigenvalue weighted by molar-refractivity contribution is -0.137. The van der Waals surface area contributed by atoms with Gasteiger partial charge in [-0.1, -0.05) is 87.4 Å². The molecular weight excluding hydrogens is 452 g/mol. The van der Waals surface area contributed by atoms with Crippen LogP contribution < -0.4 is 5.32 Å². The Bertz CT molecular complexity index is 1040. The van der Waals surface area contributed by atoms with Crippen LogP contribution in [0.15, 0.2) is 53.5 Å². The highest BCUT2D eigenvalue weighted by atomic mass is 16.5. The van der Waals surface area contributed by atoms with Crippen LogP contribution in [0.2, 0.25) is 0 Å². The van der Waals surface area contributed by atoms with Crippen molar-refractivity contribution in [2.75, 3.05) is 13.2 Å². The molecule has 2 aliphatic rings. The molecule has 192 valence electrons. The van der Waals surface area contributed by atoms with Crippen molar-refractivity contribution in [3.8, 4) is 0 Å². The molecule has 1 atom stereocenters. The molecule has 6 nitrogen and oxygen atoms in total. The molecule has 1 aliphatic carbocycles. The summed E-state index contributed by atoms with van der Waals surface area (Å²) >= 11 is 0. The van der Waals surface area contributed by atoms with E-state index in [1.807, 2.05) is 36.4 Å². The van der Waals surface area contributed by atoms with Crippen LogP contribution in [-0.4, -0.2) is 42.1 Å². The lowest BCUT2D eigenvalue weighted by Gasteiger charge is -2.21. The molecule has 0 spiro atoms. The maximum atomic E-state index is 12.7. The van der Waals surface area contributed by atoms with Crippen molar-refractivity contribution >= 4 is 17.8 Å². The second-order valence-corrected chi connectivity index (χ2v) is 10.1. The second-order valence-electron chi connectivity index (χ2n) is 10.1. The number of carbonyl (C=O) groups excluding carboxylic acids is 1. The highest BCUT2D eigenvalue weighted by Gasteiger charge is 2.28. The molecule has 4 rings (SSSR count). The van der Waals surface area contributed by atoms with Gasteiger partial charge >= 0.3 is 5.97 Å². The number of carboxylic acids is 1. The van der Waals surface area contributed by atoms with E-state index in [-0.39, 0.29) is 18.9 Å². The smallest absolute Gasteiger partial charge is 0.303 e. The standard InChI is InChI=1S/C30H38N2O4/c33-28(34)18-17-24-15-9-16-25(26(24)20-23-13-5-2-6-14-23)30-32-27(21-36-30)29(35)31-19-8-7-12-22-10-3-1-4-11-22/h2,5-6,9,13-16,22,27H,1,3-4,7-8,10-12,17-21H2,(H,31,35)(H,33,34). The van der Waals surface area contributed by atoms with Crippen molar-refractivity contribution in [2.24, 2.45) is 10.9 Å². The number of aryl methyl sites for hydroxylation is 1. The van der Waals surface area contributed by atoms with Gasteiger partial charge < -0.3 is 15.2 Å². The maximum Gasteiger partial charge on any atom is 0.303 e. The first-order valence-corrected chi connectivity index (χ1v) is 13.5. The van der Waals surface area contributed by atoms with Gasteiger partial charge in [0.2, 0.25) is 11.8 Å². The van der Waals surface area contributed by atoms with Gasteiger partial charge in [0, 0.05) is 18.5 Å². The Morgan fingerprint density at radius 3 is 2.58 bits per heavy atom. The number of aliphatic imine (C=N–C) groups is 1. The average molecular weight is 491 g/mol. The summed E-state index contributed by atoms with van der Waals surface area (Å²) in [5.41, 5.74) is 3.94. The quantitative estimate of drug-likeness (QED) is 0.395. The van der Waals surface area contributed by atoms with Crippen molar-refractivity contribution in [3.05, 3.63) is 70.8 Å². The number of benzene rings is 2. The van der Waals surface area contributed by atoms with Gasteiger partial charge in [-0.25, -0.2) is 4.99 Å². The summed E-state index contributed by atoms with van der Waals surface area (Å²) in [4.78, 5) is 28.6. The summed E-state index contributed by atoms with van der Waals surface area (Å²) in [6, 6.07) is 15.4. The number of rotatable bonds is 12. The molecule has 1 unspecified atom stereocenters. The van der Waals surface area contributed by atoms with E-state index in [1.165, 1.54) is 38.5 Å². The number of hydrogen-bond donors (Lipinski definition) is 2. The topological polar surface area (TPSA) is 88.0 Å². The fourth-order valence-corrected chi connectivity index (χ4v) is 5.34. The summed E-state index contributed by atoms with van der Waals surface area (Å²) in [5, 5.41) is 12.3. The zero-order valence-corrected chi connectivity index (χ0v) is 21.1. The van der Waals surface area contributed by atoms with Gasteiger partial charge in [0.1, 0.15) is 6.61 Å². The number of carbonyl (C=O) groups is 2. The summed E-state index contributed by atoms with van der Waals surface area (Å²) in [7, 11) is 0. The third kappa shape index (κ3) is 7.42. The molecule has 0 bridgehead atoms. The van der Waals surface area contributed by atoms with Crippen LogP contribution in [0.1, 0.15) is 80.0 Å². The summed E-state index contributed by atoms with van der Waals surface area (Å²) in [6.07, 6.45) is 11.4. The summed E-state index contributed by atoms with van der Waals surface area (Å²) in [6.45, 7) is 0.907. The number of unbranched alkanes of at least 4 members (excludes halogenated alkanes) is 1. The van der Waals surface area contributed by atoms with Gasteiger partial charge in [0.25, 0.3) is 0 Å². The number of nitrogens with one attached hydrogen (secondary N) is 1. The van der Waals surface area contributed by atoms with Gasteiger partial charge in [-0.05, 0) is 47.9 Å². The van der Waals surface area contributed by atoms with Gasteiger partial charge in [0.05, 0.1) is 0 Å². The molecule has 1 aliphatic heterocycles. The molecule has 0 saturated heterocycles. The van der Waals surface area contributed by atoms with Gasteiger partial charge in [-0.15, -0.1) is 0 Å². The molecule has 1 saturated carbocycles. The average Bonchev–Trinajstić information content (AvgIpc) is 3.39. The minimum absolute atomic E-state index is 0.0599. The minimum Gasteiger partial charge on any atom is -0.481 e. The van der Waals surface area contributed by atoms with E-state index in [1.54, 1.807) is 0 Å². The highest BCUT2D eigenvalue weighted by Crippen LogP contribution is 2.28. The van der Waals surface area contributed by atoms with E-state index < -0.39 is 12.0 Å². The van der Waals surface area contributed by atoms with Crippen molar-refractivity contribution in [3.63, 3.8) is 0 Å². The normalized spacial score (nSPS) is 17.9. The fourth-order valence-electron chi connectivity index (χ4n) is 5.34. The van der Waals surface area contributed by atoms with Gasteiger partial charge in [-0.3, -0.25) is 9.59 Å². The third-order valence-corrected chi connectivity index (χ3v) is 7.35. The fraction of sp³-hybridized carbons (Fsp3) is 0.500. The van der Waals surface area contributed by atoms with Gasteiger partial charge in [0.15, 0.2) is 6.04 Å².